The molecular weight excluding hydrogens is 334 g/mol. The number of anilines is 1. The molecule has 0 bridgehead atoms. The van der Waals surface area contributed by atoms with E-state index in [9.17, 15) is 4.79 Å². The molecule has 0 fully saturated rings. The maximum absolute atomic E-state index is 11.9. The average molecular weight is 356 g/mol. The van der Waals surface area contributed by atoms with Gasteiger partial charge in [-0.25, -0.2) is 4.79 Å². The second-order valence-corrected chi connectivity index (χ2v) is 7.05. The van der Waals surface area contributed by atoms with E-state index in [2.05, 4.69) is 26.6 Å². The van der Waals surface area contributed by atoms with E-state index < -0.39 is 17.9 Å². The number of nitrogens with one attached hydrogen (secondary N) is 2. The molecule has 0 aliphatic carbocycles. The molecule has 1 aliphatic heterocycles. The second kappa shape index (κ2) is 6.23. The zero-order valence-corrected chi connectivity index (χ0v) is 14.2. The number of para-hydroxylation sites is 1. The van der Waals surface area contributed by atoms with Crippen LogP contribution in [0.2, 0.25) is 0 Å². The first-order chi connectivity index (χ1) is 9.78. The lowest BCUT2D eigenvalue weighted by Crippen LogP contribution is -2.48. The molecule has 1 heterocycles. The molecule has 1 aliphatic rings. The zero-order valence-electron chi connectivity index (χ0n) is 12.6. The average Bonchev–Trinajstić information content (AvgIpc) is 2.36. The van der Waals surface area contributed by atoms with Crippen LogP contribution in [0.25, 0.3) is 0 Å². The van der Waals surface area contributed by atoms with Crippen LogP contribution in [0, 0.1) is 0 Å². The number of carbonyl (C=O) groups excluding carboxylic acids is 1. The van der Waals surface area contributed by atoms with Crippen LogP contribution in [-0.2, 0) is 4.74 Å². The summed E-state index contributed by atoms with van der Waals surface area (Å²) in [6.07, 6.45) is -0.0967. The molecule has 21 heavy (non-hydrogen) atoms. The Morgan fingerprint density at radius 3 is 2.90 bits per heavy atom. The molecule has 1 amide bonds. The number of carbonyl (C=O) groups is 1. The lowest BCUT2D eigenvalue weighted by atomic mass is 9.88. The zero-order chi connectivity index (χ0) is 15.6. The van der Waals surface area contributed by atoms with Gasteiger partial charge in [0.05, 0.1) is 11.9 Å². The largest absolute Gasteiger partial charge is 0.444 e. The molecule has 1 aromatic rings. The first-order valence-corrected chi connectivity index (χ1v) is 7.84. The van der Waals surface area contributed by atoms with Crippen molar-refractivity contribution in [3.05, 3.63) is 28.2 Å². The molecular formula is C15H22BrN3O2. The van der Waals surface area contributed by atoms with Gasteiger partial charge in [-0.1, -0.05) is 12.1 Å². The van der Waals surface area contributed by atoms with Crippen LogP contribution < -0.4 is 16.4 Å². The summed E-state index contributed by atoms with van der Waals surface area (Å²) in [5.41, 5.74) is 7.81. The van der Waals surface area contributed by atoms with E-state index >= 15 is 0 Å². The van der Waals surface area contributed by atoms with E-state index in [1.807, 2.05) is 39.0 Å². The van der Waals surface area contributed by atoms with E-state index in [0.717, 1.165) is 28.7 Å². The van der Waals surface area contributed by atoms with Gasteiger partial charge in [-0.05, 0) is 54.8 Å². The van der Waals surface area contributed by atoms with Gasteiger partial charge in [-0.2, -0.15) is 0 Å². The van der Waals surface area contributed by atoms with Gasteiger partial charge < -0.3 is 21.1 Å². The van der Waals surface area contributed by atoms with Gasteiger partial charge >= 0.3 is 6.09 Å². The van der Waals surface area contributed by atoms with Crippen LogP contribution in [0.4, 0.5) is 10.5 Å². The van der Waals surface area contributed by atoms with Crippen molar-refractivity contribution < 1.29 is 9.53 Å². The first-order valence-electron chi connectivity index (χ1n) is 7.05. The third kappa shape index (κ3) is 4.11. The Labute approximate surface area is 133 Å². The molecule has 1 aromatic carbocycles. The van der Waals surface area contributed by atoms with Gasteiger partial charge in [-0.15, -0.1) is 0 Å². The molecule has 0 saturated heterocycles. The summed E-state index contributed by atoms with van der Waals surface area (Å²) in [5.74, 6) is 0.0614. The highest BCUT2D eigenvalue weighted by Crippen LogP contribution is 2.37. The molecule has 2 atom stereocenters. The predicted molar refractivity (Wildman–Crippen MR) is 87.3 cm³/mol. The minimum atomic E-state index is -0.529. The molecule has 2 unspecified atom stereocenters. The van der Waals surface area contributed by atoms with Gasteiger partial charge in [-0.3, -0.25) is 0 Å². The van der Waals surface area contributed by atoms with E-state index in [-0.39, 0.29) is 5.92 Å². The Morgan fingerprint density at radius 2 is 2.24 bits per heavy atom. The molecule has 116 valence electrons. The molecule has 5 nitrogen and oxygen atoms in total. The quantitative estimate of drug-likeness (QED) is 0.712. The minimum absolute atomic E-state index is 0.0614. The Balaban J connectivity index is 2.10. The molecule has 0 saturated carbocycles. The fourth-order valence-corrected chi connectivity index (χ4v) is 2.98. The fraction of sp³-hybridized carbons (Fsp3) is 0.533. The van der Waals surface area contributed by atoms with Crippen LogP contribution in [0.15, 0.2) is 22.7 Å². The molecule has 0 aromatic heterocycles. The standard InChI is InChI=1S/C15H22BrN3O2/c1-15(2,3)21-14(20)19-13(17)10-7-8-18-12-9(10)5-4-6-11(12)16/h4-6,10,13,18H,7-8,17H2,1-3H3,(H,19,20). The Morgan fingerprint density at radius 1 is 1.52 bits per heavy atom. The number of hydrogen-bond donors (Lipinski definition) is 3. The monoisotopic (exact) mass is 355 g/mol. The topological polar surface area (TPSA) is 76.4 Å². The summed E-state index contributed by atoms with van der Waals surface area (Å²) in [6.45, 7) is 6.31. The second-order valence-electron chi connectivity index (χ2n) is 6.20. The Hall–Kier alpha value is -1.27. The van der Waals surface area contributed by atoms with Crippen molar-refractivity contribution in [3.63, 3.8) is 0 Å². The summed E-state index contributed by atoms with van der Waals surface area (Å²) < 4.78 is 6.26. The molecule has 0 spiro atoms. The van der Waals surface area contributed by atoms with Crippen molar-refractivity contribution in [1.82, 2.24) is 5.32 Å². The summed E-state index contributed by atoms with van der Waals surface area (Å²) in [5, 5.41) is 6.10. The van der Waals surface area contributed by atoms with E-state index in [1.165, 1.54) is 0 Å². The van der Waals surface area contributed by atoms with Gasteiger partial charge in [0.25, 0.3) is 0 Å². The van der Waals surface area contributed by atoms with Gasteiger partial charge in [0.2, 0.25) is 0 Å². The minimum Gasteiger partial charge on any atom is -0.444 e. The first kappa shape index (κ1) is 16.1. The highest BCUT2D eigenvalue weighted by atomic mass is 79.9. The normalized spacial score (nSPS) is 19.2. The molecule has 6 heteroatoms. The summed E-state index contributed by atoms with van der Waals surface area (Å²) >= 11 is 3.53. The number of fused-ring (bicyclic) bond motifs is 1. The number of halogens is 1. The summed E-state index contributed by atoms with van der Waals surface area (Å²) in [7, 11) is 0. The van der Waals surface area contributed by atoms with Crippen molar-refractivity contribution in [2.75, 3.05) is 11.9 Å². The number of ether oxygens (including phenoxy) is 1. The Kier molecular flexibility index (Phi) is 4.78. The van der Waals surface area contributed by atoms with Crippen LogP contribution in [0.1, 0.15) is 38.7 Å². The lowest BCUT2D eigenvalue weighted by molar-refractivity contribution is 0.0497. The van der Waals surface area contributed by atoms with Crippen molar-refractivity contribution in [2.45, 2.75) is 44.9 Å². The molecule has 0 radical (unpaired) electrons. The maximum Gasteiger partial charge on any atom is 0.408 e. The van der Waals surface area contributed by atoms with Crippen molar-refractivity contribution in [1.29, 1.82) is 0 Å². The third-order valence-electron chi connectivity index (χ3n) is 3.32. The predicted octanol–water partition coefficient (Wildman–Crippen LogP) is 3.16. The van der Waals surface area contributed by atoms with Crippen LogP contribution >= 0.6 is 15.9 Å². The van der Waals surface area contributed by atoms with E-state index in [1.54, 1.807) is 0 Å². The SMILES string of the molecule is CC(C)(C)OC(=O)NC(N)C1CCNc2c(Br)cccc21. The van der Waals surface area contributed by atoms with Gasteiger partial charge in [0.15, 0.2) is 0 Å². The number of amides is 1. The van der Waals surface area contributed by atoms with E-state index in [0.29, 0.717) is 0 Å². The fourth-order valence-electron chi connectivity index (χ4n) is 2.46. The highest BCUT2D eigenvalue weighted by molar-refractivity contribution is 9.10. The van der Waals surface area contributed by atoms with Crippen LogP contribution in [-0.4, -0.2) is 24.4 Å². The van der Waals surface area contributed by atoms with Crippen LogP contribution in [0.3, 0.4) is 0 Å². The maximum atomic E-state index is 11.9. The van der Waals surface area contributed by atoms with E-state index in [4.69, 9.17) is 10.5 Å². The number of benzene rings is 1. The van der Waals surface area contributed by atoms with Crippen molar-refractivity contribution in [2.24, 2.45) is 5.73 Å². The van der Waals surface area contributed by atoms with Gasteiger partial charge in [0.1, 0.15) is 5.60 Å². The summed E-state index contributed by atoms with van der Waals surface area (Å²) in [4.78, 5) is 11.9. The van der Waals surface area contributed by atoms with Crippen LogP contribution in [0.5, 0.6) is 0 Å². The number of hydrogen-bond acceptors (Lipinski definition) is 4. The number of alkyl carbamates (subject to hydrolysis) is 1. The van der Waals surface area contributed by atoms with Crippen molar-refractivity contribution in [3.8, 4) is 0 Å². The Bertz CT molecular complexity index is 528. The highest BCUT2D eigenvalue weighted by Gasteiger charge is 2.28. The molecule has 2 rings (SSSR count). The van der Waals surface area contributed by atoms with Gasteiger partial charge in [0, 0.05) is 16.9 Å². The number of rotatable bonds is 2. The lowest BCUT2D eigenvalue weighted by Gasteiger charge is -2.32. The third-order valence-corrected chi connectivity index (χ3v) is 3.98. The number of nitrogens with two attached hydrogens (primary N) is 1. The smallest absolute Gasteiger partial charge is 0.408 e. The summed E-state index contributed by atoms with van der Waals surface area (Å²) in [6, 6.07) is 6.00. The van der Waals surface area contributed by atoms with Crippen molar-refractivity contribution >= 4 is 27.7 Å². The molecule has 4 N–H and O–H groups in total.